The van der Waals surface area contributed by atoms with Crippen molar-refractivity contribution < 1.29 is 14.4 Å². The topological polar surface area (TPSA) is 103 Å². The van der Waals surface area contributed by atoms with Gasteiger partial charge in [-0.1, -0.05) is 46.1 Å². The Bertz CT molecular complexity index is 1150. The van der Waals surface area contributed by atoms with Gasteiger partial charge in [0.05, 0.1) is 15.2 Å². The molecule has 1 aromatic heterocycles. The Labute approximate surface area is 243 Å². The summed E-state index contributed by atoms with van der Waals surface area (Å²) in [7, 11) is 2.09. The van der Waals surface area contributed by atoms with E-state index in [1.807, 2.05) is 6.07 Å². The molecule has 0 unspecified atom stereocenters. The fraction of sp³-hybridized carbons (Fsp3) is 0.677. The fourth-order valence-corrected chi connectivity index (χ4v) is 6.96. The summed E-state index contributed by atoms with van der Waals surface area (Å²) in [6, 6.07) is 5.44. The zero-order chi connectivity index (χ0) is 28.6. The van der Waals surface area contributed by atoms with Crippen LogP contribution >= 0.6 is 11.3 Å². The first-order chi connectivity index (χ1) is 19.2. The highest BCUT2D eigenvalue weighted by Gasteiger charge is 2.31. The minimum atomic E-state index is -0.715. The van der Waals surface area contributed by atoms with E-state index in [1.54, 1.807) is 18.3 Å². The lowest BCUT2D eigenvalue weighted by Crippen LogP contribution is -2.55. The van der Waals surface area contributed by atoms with Crippen molar-refractivity contribution in [3.8, 4) is 0 Å². The molecule has 220 valence electrons. The van der Waals surface area contributed by atoms with Crippen LogP contribution in [-0.2, 0) is 20.8 Å². The van der Waals surface area contributed by atoms with Gasteiger partial charge in [0.2, 0.25) is 17.7 Å². The quantitative estimate of drug-likeness (QED) is 0.373. The monoisotopic (exact) mass is 569 g/mol. The molecule has 1 aliphatic carbocycles. The SMILES string of the molecule is CCC(=O)N[C@@H](Cc1nc2ccc(C(C)C)cc2s1)C(=O)N[C@H](CNC(=O)C1CCN(C)CC1)C1CCCCC1. The Hall–Kier alpha value is -2.52. The van der Waals surface area contributed by atoms with Crippen LogP contribution in [0.4, 0.5) is 0 Å². The van der Waals surface area contributed by atoms with E-state index in [9.17, 15) is 14.4 Å². The van der Waals surface area contributed by atoms with E-state index in [1.165, 1.54) is 12.0 Å². The summed E-state index contributed by atoms with van der Waals surface area (Å²) < 4.78 is 1.10. The molecule has 3 N–H and O–H groups in total. The Morgan fingerprint density at radius 1 is 1.05 bits per heavy atom. The molecule has 1 aliphatic heterocycles. The first kappa shape index (κ1) is 30.4. The number of nitrogens with zero attached hydrogens (tertiary/aromatic N) is 2. The lowest BCUT2D eigenvalue weighted by Gasteiger charge is -2.33. The Morgan fingerprint density at radius 3 is 2.45 bits per heavy atom. The first-order valence-electron chi connectivity index (χ1n) is 15.2. The Morgan fingerprint density at radius 2 is 1.77 bits per heavy atom. The smallest absolute Gasteiger partial charge is 0.243 e. The summed E-state index contributed by atoms with van der Waals surface area (Å²) in [6.07, 6.45) is 7.95. The Balaban J connectivity index is 1.46. The second-order valence-electron chi connectivity index (χ2n) is 12.0. The van der Waals surface area contributed by atoms with Gasteiger partial charge in [0, 0.05) is 31.3 Å². The number of likely N-dealkylation sites (tertiary alicyclic amines) is 1. The number of benzene rings is 1. The number of amides is 3. The number of carbonyl (C=O) groups excluding carboxylic acids is 3. The highest BCUT2D eigenvalue weighted by molar-refractivity contribution is 7.18. The van der Waals surface area contributed by atoms with Crippen LogP contribution in [0.2, 0.25) is 0 Å². The maximum Gasteiger partial charge on any atom is 0.243 e. The number of aromatic nitrogens is 1. The number of rotatable bonds is 11. The van der Waals surface area contributed by atoms with Crippen molar-refractivity contribution in [3.63, 3.8) is 0 Å². The van der Waals surface area contributed by atoms with E-state index in [4.69, 9.17) is 4.98 Å². The van der Waals surface area contributed by atoms with Crippen LogP contribution in [0.5, 0.6) is 0 Å². The summed E-state index contributed by atoms with van der Waals surface area (Å²) >= 11 is 1.58. The van der Waals surface area contributed by atoms with E-state index < -0.39 is 6.04 Å². The molecule has 2 aliphatic rings. The maximum atomic E-state index is 13.7. The van der Waals surface area contributed by atoms with E-state index in [2.05, 4.69) is 53.9 Å². The van der Waals surface area contributed by atoms with Gasteiger partial charge in [0.25, 0.3) is 0 Å². The number of fused-ring (bicyclic) bond motifs is 1. The van der Waals surface area contributed by atoms with Crippen molar-refractivity contribution in [2.75, 3.05) is 26.7 Å². The minimum absolute atomic E-state index is 0.0331. The van der Waals surface area contributed by atoms with Crippen LogP contribution in [0.15, 0.2) is 18.2 Å². The highest BCUT2D eigenvalue weighted by Crippen LogP contribution is 2.28. The third-order valence-electron chi connectivity index (χ3n) is 8.61. The molecule has 3 amide bonds. The van der Waals surface area contributed by atoms with E-state index in [0.717, 1.165) is 66.8 Å². The lowest BCUT2D eigenvalue weighted by molar-refractivity contribution is -0.130. The molecule has 0 radical (unpaired) electrons. The predicted molar refractivity (Wildman–Crippen MR) is 161 cm³/mol. The van der Waals surface area contributed by atoms with Crippen molar-refractivity contribution in [2.45, 2.75) is 96.6 Å². The fourth-order valence-electron chi connectivity index (χ4n) is 5.90. The van der Waals surface area contributed by atoms with E-state index in [0.29, 0.717) is 31.2 Å². The Kier molecular flexibility index (Phi) is 11.0. The van der Waals surface area contributed by atoms with Gasteiger partial charge in [-0.3, -0.25) is 14.4 Å². The maximum absolute atomic E-state index is 13.7. The number of hydrogen-bond donors (Lipinski definition) is 3. The molecule has 2 atom stereocenters. The minimum Gasteiger partial charge on any atom is -0.354 e. The molecule has 8 nitrogen and oxygen atoms in total. The van der Waals surface area contributed by atoms with Gasteiger partial charge in [-0.15, -0.1) is 11.3 Å². The molecular formula is C31H47N5O3S. The van der Waals surface area contributed by atoms with Crippen molar-refractivity contribution in [3.05, 3.63) is 28.8 Å². The summed E-state index contributed by atoms with van der Waals surface area (Å²) in [5, 5.41) is 10.2. The van der Waals surface area contributed by atoms with Crippen LogP contribution in [0.25, 0.3) is 10.2 Å². The molecule has 0 spiro atoms. The standard InChI is InChI=1S/C31H47N5O3S/c1-5-28(37)33-25(18-29-34-24-12-11-23(20(2)3)17-27(24)40-29)31(39)35-26(21-9-7-6-8-10-21)19-32-30(38)22-13-15-36(4)16-14-22/h11-12,17,20-22,25-26H,5-10,13-16,18-19H2,1-4H3,(H,32,38)(H,33,37)(H,35,39)/t25-,26+/m0/s1. The highest BCUT2D eigenvalue weighted by atomic mass is 32.1. The van der Waals surface area contributed by atoms with Crippen molar-refractivity contribution >= 4 is 39.3 Å². The van der Waals surface area contributed by atoms with Gasteiger partial charge in [0.15, 0.2) is 0 Å². The molecule has 2 heterocycles. The first-order valence-corrected chi connectivity index (χ1v) is 16.0. The summed E-state index contributed by atoms with van der Waals surface area (Å²) in [4.78, 5) is 46.2. The molecule has 1 saturated carbocycles. The van der Waals surface area contributed by atoms with Crippen LogP contribution in [0.3, 0.4) is 0 Å². The largest absolute Gasteiger partial charge is 0.354 e. The molecule has 2 fully saturated rings. The summed E-state index contributed by atoms with van der Waals surface area (Å²) in [5.74, 6) is 0.505. The second kappa shape index (κ2) is 14.4. The van der Waals surface area contributed by atoms with Crippen molar-refractivity contribution in [1.29, 1.82) is 0 Å². The van der Waals surface area contributed by atoms with E-state index >= 15 is 0 Å². The van der Waals surface area contributed by atoms with Gasteiger partial charge in [-0.25, -0.2) is 4.98 Å². The third kappa shape index (κ3) is 8.26. The van der Waals surface area contributed by atoms with Crippen LogP contribution < -0.4 is 16.0 Å². The normalized spacial score (nSPS) is 18.9. The van der Waals surface area contributed by atoms with E-state index in [-0.39, 0.29) is 29.7 Å². The molecule has 4 rings (SSSR count). The molecular weight excluding hydrogens is 522 g/mol. The van der Waals surface area contributed by atoms with Gasteiger partial charge >= 0.3 is 0 Å². The van der Waals surface area contributed by atoms with Crippen LogP contribution in [0.1, 0.15) is 88.6 Å². The van der Waals surface area contributed by atoms with Crippen LogP contribution in [0, 0.1) is 11.8 Å². The molecule has 9 heteroatoms. The molecule has 40 heavy (non-hydrogen) atoms. The number of nitrogens with one attached hydrogen (secondary N) is 3. The van der Waals surface area contributed by atoms with Gasteiger partial charge in [-0.2, -0.15) is 0 Å². The van der Waals surface area contributed by atoms with Crippen molar-refractivity contribution in [1.82, 2.24) is 25.8 Å². The van der Waals surface area contributed by atoms with Gasteiger partial charge in [0.1, 0.15) is 6.04 Å². The van der Waals surface area contributed by atoms with Gasteiger partial charge in [-0.05, 0) is 75.4 Å². The van der Waals surface area contributed by atoms with Gasteiger partial charge < -0.3 is 20.9 Å². The third-order valence-corrected chi connectivity index (χ3v) is 9.65. The number of piperidine rings is 1. The average molecular weight is 570 g/mol. The second-order valence-corrected chi connectivity index (χ2v) is 13.1. The predicted octanol–water partition coefficient (Wildman–Crippen LogP) is 4.38. The van der Waals surface area contributed by atoms with Crippen molar-refractivity contribution in [2.24, 2.45) is 11.8 Å². The zero-order valence-electron chi connectivity index (χ0n) is 24.6. The zero-order valence-corrected chi connectivity index (χ0v) is 25.4. The summed E-state index contributed by atoms with van der Waals surface area (Å²) in [5.41, 5.74) is 2.18. The molecule has 1 aromatic carbocycles. The summed E-state index contributed by atoms with van der Waals surface area (Å²) in [6.45, 7) is 8.42. The molecule has 2 aromatic rings. The molecule has 1 saturated heterocycles. The lowest BCUT2D eigenvalue weighted by atomic mass is 9.83. The van der Waals surface area contributed by atoms with Crippen LogP contribution in [-0.4, -0.2) is 66.4 Å². The molecule has 0 bridgehead atoms. The average Bonchev–Trinajstić information content (AvgIpc) is 3.37. The number of thiazole rings is 1. The number of hydrogen-bond acceptors (Lipinski definition) is 6. The number of carbonyl (C=O) groups is 3.